The number of hydrogen-bond acceptors (Lipinski definition) is 1. The molecule has 0 saturated carbocycles. The molecule has 8 aromatic rings. The van der Waals surface area contributed by atoms with Gasteiger partial charge in [-0.15, -0.1) is 0 Å². The predicted molar refractivity (Wildman–Crippen MR) is 314 cm³/mol. The van der Waals surface area contributed by atoms with Crippen molar-refractivity contribution < 1.29 is 0 Å². The Kier molecular flexibility index (Phi) is 12.6. The van der Waals surface area contributed by atoms with Crippen molar-refractivity contribution in [1.82, 2.24) is 0 Å². The molecule has 0 bridgehead atoms. The van der Waals surface area contributed by atoms with Crippen LogP contribution in [0.3, 0.4) is 0 Å². The Morgan fingerprint density at radius 2 is 0.708 bits per heavy atom. The fourth-order valence-corrected chi connectivity index (χ4v) is 10.6. The monoisotopic (exact) mass is 946 g/mol. The molecular weight excluding hydrogens is 867 g/mol. The highest BCUT2D eigenvalue weighted by Gasteiger charge is 2.36. The Morgan fingerprint density at radius 3 is 1.26 bits per heavy atom. The smallest absolute Gasteiger partial charge is 0.0540 e. The first-order valence-corrected chi connectivity index (χ1v) is 26.4. The maximum atomic E-state index is 2.53. The van der Waals surface area contributed by atoms with Crippen LogP contribution in [0.2, 0.25) is 0 Å². The lowest BCUT2D eigenvalue weighted by Gasteiger charge is -2.32. The third kappa shape index (κ3) is 9.89. The molecular formula is C71H79N. The molecule has 0 aromatic heterocycles. The number of benzene rings is 8. The molecule has 0 amide bonds. The van der Waals surface area contributed by atoms with Crippen molar-refractivity contribution in [3.8, 4) is 55.6 Å². The van der Waals surface area contributed by atoms with E-state index in [-0.39, 0.29) is 32.5 Å². The van der Waals surface area contributed by atoms with E-state index >= 15 is 0 Å². The van der Waals surface area contributed by atoms with Gasteiger partial charge in [0.2, 0.25) is 0 Å². The highest BCUT2D eigenvalue weighted by atomic mass is 15.1. The van der Waals surface area contributed by atoms with Gasteiger partial charge < -0.3 is 4.90 Å². The fraction of sp³-hybridized carbons (Fsp3) is 0.324. The summed E-state index contributed by atoms with van der Waals surface area (Å²) in [6.45, 7) is 39.6. The second kappa shape index (κ2) is 17.9. The van der Waals surface area contributed by atoms with Gasteiger partial charge in [0.25, 0.3) is 0 Å². The van der Waals surface area contributed by atoms with Crippen molar-refractivity contribution in [2.24, 2.45) is 0 Å². The second-order valence-electron chi connectivity index (χ2n) is 26.5. The van der Waals surface area contributed by atoms with Crippen LogP contribution in [0.5, 0.6) is 0 Å². The molecule has 1 aliphatic rings. The lowest BCUT2D eigenvalue weighted by Crippen LogP contribution is -2.18. The normalized spacial score (nSPS) is 13.7. The molecule has 0 atom stereocenters. The third-order valence-corrected chi connectivity index (χ3v) is 15.4. The Bertz CT molecular complexity index is 3290. The lowest BCUT2D eigenvalue weighted by molar-refractivity contribution is 0.569. The summed E-state index contributed by atoms with van der Waals surface area (Å²) in [5.41, 5.74) is 25.2. The molecule has 0 fully saturated rings. The lowest BCUT2D eigenvalue weighted by atomic mass is 9.78. The van der Waals surface area contributed by atoms with Gasteiger partial charge in [-0.3, -0.25) is 0 Å². The van der Waals surface area contributed by atoms with Crippen LogP contribution in [0.25, 0.3) is 55.6 Å². The van der Waals surface area contributed by atoms with E-state index in [4.69, 9.17) is 0 Å². The Hall–Kier alpha value is -6.44. The van der Waals surface area contributed by atoms with Gasteiger partial charge in [-0.2, -0.15) is 0 Å². The van der Waals surface area contributed by atoms with Gasteiger partial charge in [-0.25, -0.2) is 0 Å². The van der Waals surface area contributed by atoms with Crippen LogP contribution in [0.4, 0.5) is 17.1 Å². The fourth-order valence-electron chi connectivity index (χ4n) is 10.6. The summed E-state index contributed by atoms with van der Waals surface area (Å²) < 4.78 is 0. The first-order valence-electron chi connectivity index (χ1n) is 26.4. The zero-order valence-electron chi connectivity index (χ0n) is 46.6. The maximum absolute atomic E-state index is 2.53. The van der Waals surface area contributed by atoms with Gasteiger partial charge in [-0.05, 0) is 152 Å². The molecule has 0 spiro atoms. The summed E-state index contributed by atoms with van der Waals surface area (Å²) in [7, 11) is 0. The average molecular weight is 946 g/mol. The van der Waals surface area contributed by atoms with Crippen LogP contribution in [0.15, 0.2) is 170 Å². The van der Waals surface area contributed by atoms with E-state index < -0.39 is 0 Å². The van der Waals surface area contributed by atoms with Gasteiger partial charge in [-0.1, -0.05) is 251 Å². The van der Waals surface area contributed by atoms with Crippen LogP contribution < -0.4 is 4.90 Å². The number of rotatable bonds is 7. The topological polar surface area (TPSA) is 3.24 Å². The van der Waals surface area contributed by atoms with Crippen molar-refractivity contribution in [2.45, 2.75) is 150 Å². The van der Waals surface area contributed by atoms with Crippen molar-refractivity contribution in [2.75, 3.05) is 4.90 Å². The molecule has 72 heavy (non-hydrogen) atoms. The summed E-state index contributed by atoms with van der Waals surface area (Å²) >= 11 is 0. The van der Waals surface area contributed by atoms with Gasteiger partial charge in [0, 0.05) is 22.4 Å². The first-order chi connectivity index (χ1) is 33.6. The second-order valence-corrected chi connectivity index (χ2v) is 26.5. The van der Waals surface area contributed by atoms with Gasteiger partial charge in [0.05, 0.1) is 5.69 Å². The van der Waals surface area contributed by atoms with Crippen LogP contribution in [0.1, 0.15) is 157 Å². The first kappa shape index (κ1) is 50.5. The molecule has 1 aliphatic carbocycles. The summed E-state index contributed by atoms with van der Waals surface area (Å²) in [4.78, 5) is 2.53. The number of nitrogens with zero attached hydrogens (tertiary/aromatic N) is 1. The van der Waals surface area contributed by atoms with Crippen molar-refractivity contribution >= 4 is 17.1 Å². The quantitative estimate of drug-likeness (QED) is 0.154. The predicted octanol–water partition coefficient (Wildman–Crippen LogP) is 20.6. The molecule has 0 N–H and O–H groups in total. The van der Waals surface area contributed by atoms with E-state index in [1.807, 2.05) is 0 Å². The molecule has 0 unspecified atom stereocenters. The molecule has 8 aromatic carbocycles. The number of fused-ring (bicyclic) bond motifs is 3. The Morgan fingerprint density at radius 1 is 0.278 bits per heavy atom. The van der Waals surface area contributed by atoms with E-state index in [0.29, 0.717) is 0 Å². The molecule has 0 heterocycles. The van der Waals surface area contributed by atoms with E-state index in [1.165, 1.54) is 94.6 Å². The Balaban J connectivity index is 1.21. The Labute approximate surface area is 434 Å². The maximum Gasteiger partial charge on any atom is 0.0540 e. The van der Waals surface area contributed by atoms with Crippen molar-refractivity contribution in [3.05, 3.63) is 209 Å². The van der Waals surface area contributed by atoms with E-state index in [2.05, 4.69) is 292 Å². The summed E-state index contributed by atoms with van der Waals surface area (Å²) in [6.07, 6.45) is 0. The zero-order valence-corrected chi connectivity index (χ0v) is 46.6. The van der Waals surface area contributed by atoms with Crippen LogP contribution in [0, 0.1) is 0 Å². The largest absolute Gasteiger partial charge is 0.310 e. The molecule has 1 heteroatoms. The van der Waals surface area contributed by atoms with Gasteiger partial charge >= 0.3 is 0 Å². The zero-order chi connectivity index (χ0) is 51.9. The van der Waals surface area contributed by atoms with E-state index in [9.17, 15) is 0 Å². The summed E-state index contributed by atoms with van der Waals surface area (Å²) in [5.74, 6) is 0. The highest BCUT2D eigenvalue weighted by Crippen LogP contribution is 2.52. The van der Waals surface area contributed by atoms with E-state index in [0.717, 1.165) is 17.1 Å². The molecule has 0 saturated heterocycles. The minimum Gasteiger partial charge on any atom is -0.310 e. The van der Waals surface area contributed by atoms with Crippen LogP contribution in [-0.4, -0.2) is 0 Å². The SMILES string of the molecule is CC(C)(C)c1cc(-c2ccc(-c3cc(N(c4ccc5c(c4)C(C)(C)c4ccccc4-5)c4ccccc4-c4cccc(C(C)(C)C)c4)cc(C(C)(C)C)c3)cc2)cc(-c2cc(C(C)(C)C)cc(C(C)(C)C)c2)c1. The summed E-state index contributed by atoms with van der Waals surface area (Å²) in [6, 6.07) is 65.5. The van der Waals surface area contributed by atoms with Gasteiger partial charge in [0.15, 0.2) is 0 Å². The average Bonchev–Trinajstić information content (AvgIpc) is 3.55. The van der Waals surface area contributed by atoms with Crippen molar-refractivity contribution in [1.29, 1.82) is 0 Å². The van der Waals surface area contributed by atoms with Crippen molar-refractivity contribution in [3.63, 3.8) is 0 Å². The minimum atomic E-state index is -0.146. The number of hydrogen-bond donors (Lipinski definition) is 0. The third-order valence-electron chi connectivity index (χ3n) is 15.4. The standard InChI is InChI=1S/C71H79N/c1-66(2,3)53-24-22-23-48(36-53)60-25-19-21-28-65(60)72(58-33-34-62-61-26-18-20-27-63(61)71(16,17)64(62)45-58)59-42-52(41-57(44-59)70(13,14)15)47-31-29-46(30-32-47)49-35-50(38-54(37-49)67(4,5)6)51-39-55(68(7,8)9)43-56(40-51)69(10,11)12/h18-45H,1-17H3. The van der Waals surface area contributed by atoms with E-state index in [1.54, 1.807) is 0 Å². The minimum absolute atomic E-state index is 0.0165. The molecule has 0 aliphatic heterocycles. The molecule has 368 valence electrons. The van der Waals surface area contributed by atoms with Gasteiger partial charge in [0.1, 0.15) is 0 Å². The molecule has 0 radical (unpaired) electrons. The number of para-hydroxylation sites is 1. The van der Waals surface area contributed by atoms with Crippen LogP contribution >= 0.6 is 0 Å². The number of anilines is 3. The molecule has 9 rings (SSSR count). The molecule has 1 nitrogen and oxygen atoms in total. The van der Waals surface area contributed by atoms with Crippen LogP contribution in [-0.2, 0) is 32.5 Å². The highest BCUT2D eigenvalue weighted by molar-refractivity contribution is 5.92. The summed E-state index contributed by atoms with van der Waals surface area (Å²) in [5, 5.41) is 0.